The minimum Gasteiger partial charge on any atom is -0.469 e. The molecule has 0 aliphatic carbocycles. The molecule has 1 aliphatic heterocycles. The van der Waals surface area contributed by atoms with Gasteiger partial charge in [-0.25, -0.2) is 9.36 Å². The van der Waals surface area contributed by atoms with Crippen molar-refractivity contribution < 1.29 is 13.6 Å². The van der Waals surface area contributed by atoms with E-state index in [2.05, 4.69) is 72.7 Å². The van der Waals surface area contributed by atoms with Crippen molar-refractivity contribution in [2.24, 2.45) is 0 Å². The molecule has 10 heteroatoms. The van der Waals surface area contributed by atoms with Gasteiger partial charge in [0, 0.05) is 17.2 Å². The van der Waals surface area contributed by atoms with E-state index >= 15 is 0 Å². The highest BCUT2D eigenvalue weighted by molar-refractivity contribution is 8.03. The molecule has 0 fully saturated rings. The van der Waals surface area contributed by atoms with Gasteiger partial charge in [-0.1, -0.05) is 71.5 Å². The standard InChI is InChI=1S/C27H42N2O5SSi2/c1-26(2,3)36(7,8)32-18-20-22(34-37(9,10)27(4,5)6)23(35-19-14-12-11-13-15-19)24(33-20)29-17-16-21(30)28-25(29)31/h11-17,20,22H,18H2,1-10H3,(H,28,30,31)/t20-,22-/m1/s1. The fourth-order valence-corrected chi connectivity index (χ4v) is 6.73. The molecule has 0 unspecified atom stereocenters. The molecule has 1 aromatic carbocycles. The van der Waals surface area contributed by atoms with Crippen LogP contribution in [0.3, 0.4) is 0 Å². The Bertz CT molecular complexity index is 1240. The molecule has 204 valence electrons. The molecule has 1 aliphatic rings. The summed E-state index contributed by atoms with van der Waals surface area (Å²) in [4.78, 5) is 28.8. The van der Waals surface area contributed by atoms with Crippen molar-refractivity contribution in [2.75, 3.05) is 6.61 Å². The Kier molecular flexibility index (Phi) is 8.61. The first-order chi connectivity index (χ1) is 16.9. The van der Waals surface area contributed by atoms with Crippen LogP contribution >= 0.6 is 11.8 Å². The SMILES string of the molecule is CC(C)(C)[Si](C)(C)OC[C@H]1OC(n2ccc(=O)[nH]c2=O)=C(Sc2ccccc2)[C@@H]1O[Si](C)(C)C(C)(C)C. The molecule has 37 heavy (non-hydrogen) atoms. The summed E-state index contributed by atoms with van der Waals surface area (Å²) >= 11 is 1.53. The van der Waals surface area contributed by atoms with E-state index in [-0.39, 0.29) is 10.1 Å². The van der Waals surface area contributed by atoms with Gasteiger partial charge in [-0.15, -0.1) is 0 Å². The number of hydrogen-bond donors (Lipinski definition) is 1. The highest BCUT2D eigenvalue weighted by atomic mass is 32.2. The molecule has 0 amide bonds. The molecule has 2 aromatic rings. The lowest BCUT2D eigenvalue weighted by Gasteiger charge is -2.41. The predicted molar refractivity (Wildman–Crippen MR) is 157 cm³/mol. The van der Waals surface area contributed by atoms with Crippen molar-refractivity contribution in [1.82, 2.24) is 9.55 Å². The molecular weight excluding hydrogens is 521 g/mol. The molecule has 1 aromatic heterocycles. The Morgan fingerprint density at radius 3 is 2.08 bits per heavy atom. The number of aromatic amines is 1. The third-order valence-electron chi connectivity index (χ3n) is 7.73. The monoisotopic (exact) mass is 562 g/mol. The van der Waals surface area contributed by atoms with Gasteiger partial charge in [0.15, 0.2) is 22.7 Å². The first kappa shape index (κ1) is 29.7. The molecule has 2 heterocycles. The molecule has 1 N–H and O–H groups in total. The first-order valence-electron chi connectivity index (χ1n) is 12.7. The van der Waals surface area contributed by atoms with Gasteiger partial charge in [-0.3, -0.25) is 9.78 Å². The zero-order chi connectivity index (χ0) is 27.8. The topological polar surface area (TPSA) is 82.5 Å². The first-order valence-corrected chi connectivity index (χ1v) is 19.3. The van der Waals surface area contributed by atoms with Crippen LogP contribution in [0.5, 0.6) is 0 Å². The van der Waals surface area contributed by atoms with E-state index in [4.69, 9.17) is 13.6 Å². The molecule has 7 nitrogen and oxygen atoms in total. The minimum absolute atomic E-state index is 0.0298. The largest absolute Gasteiger partial charge is 0.469 e. The van der Waals surface area contributed by atoms with Crippen LogP contribution in [0.2, 0.25) is 36.3 Å². The van der Waals surface area contributed by atoms with Crippen LogP contribution in [0, 0.1) is 0 Å². The van der Waals surface area contributed by atoms with Crippen LogP contribution in [-0.4, -0.2) is 45.0 Å². The van der Waals surface area contributed by atoms with Gasteiger partial charge in [0.05, 0.1) is 11.5 Å². The second kappa shape index (κ2) is 10.7. The van der Waals surface area contributed by atoms with E-state index < -0.39 is 40.1 Å². The van der Waals surface area contributed by atoms with Crippen molar-refractivity contribution in [1.29, 1.82) is 0 Å². The fourth-order valence-electron chi connectivity index (χ4n) is 3.28. The maximum Gasteiger partial charge on any atom is 0.335 e. The van der Waals surface area contributed by atoms with Crippen LogP contribution in [0.15, 0.2) is 62.0 Å². The van der Waals surface area contributed by atoms with E-state index in [0.29, 0.717) is 12.5 Å². The van der Waals surface area contributed by atoms with Crippen LogP contribution in [0.1, 0.15) is 41.5 Å². The summed E-state index contributed by atoms with van der Waals surface area (Å²) in [5, 5.41) is 0.00700. The second-order valence-electron chi connectivity index (χ2n) is 12.6. The number of nitrogens with zero attached hydrogens (tertiary/aromatic N) is 1. The Hall–Kier alpha value is -1.86. The molecule has 3 rings (SSSR count). The Morgan fingerprint density at radius 2 is 1.54 bits per heavy atom. The summed E-state index contributed by atoms with van der Waals surface area (Å²) in [6.45, 7) is 22.4. The summed E-state index contributed by atoms with van der Waals surface area (Å²) in [6, 6.07) is 11.3. The Morgan fingerprint density at radius 1 is 0.946 bits per heavy atom. The van der Waals surface area contributed by atoms with E-state index in [1.807, 2.05) is 30.3 Å². The number of nitrogens with one attached hydrogen (secondary N) is 1. The van der Waals surface area contributed by atoms with Crippen molar-refractivity contribution >= 4 is 34.3 Å². The van der Waals surface area contributed by atoms with Gasteiger partial charge in [0.25, 0.3) is 5.56 Å². The smallest absolute Gasteiger partial charge is 0.335 e. The molecular formula is C27H42N2O5SSi2. The third-order valence-corrected chi connectivity index (χ3v) is 17.8. The number of ether oxygens (including phenoxy) is 1. The summed E-state index contributed by atoms with van der Waals surface area (Å²) in [5.41, 5.74) is -1.00. The molecule has 2 atom stereocenters. The van der Waals surface area contributed by atoms with Gasteiger partial charge < -0.3 is 13.6 Å². The molecule has 0 spiro atoms. The predicted octanol–water partition coefficient (Wildman–Crippen LogP) is 6.27. The highest BCUT2D eigenvalue weighted by Crippen LogP contribution is 2.46. The van der Waals surface area contributed by atoms with Crippen LogP contribution in [0.4, 0.5) is 0 Å². The van der Waals surface area contributed by atoms with E-state index in [1.165, 1.54) is 28.6 Å². The zero-order valence-corrected chi connectivity index (χ0v) is 26.6. The van der Waals surface area contributed by atoms with Gasteiger partial charge in [0.2, 0.25) is 5.88 Å². The number of hydrogen-bond acceptors (Lipinski definition) is 6. The number of benzene rings is 1. The van der Waals surface area contributed by atoms with Crippen LogP contribution in [-0.2, 0) is 13.6 Å². The zero-order valence-electron chi connectivity index (χ0n) is 23.8. The Labute approximate surface area is 226 Å². The van der Waals surface area contributed by atoms with Gasteiger partial charge in [0.1, 0.15) is 6.10 Å². The second-order valence-corrected chi connectivity index (χ2v) is 23.3. The van der Waals surface area contributed by atoms with Gasteiger partial charge in [-0.2, -0.15) is 0 Å². The number of H-pyrrole nitrogens is 1. The van der Waals surface area contributed by atoms with Crippen LogP contribution < -0.4 is 11.2 Å². The molecule has 0 bridgehead atoms. The Balaban J connectivity index is 2.12. The summed E-state index contributed by atoms with van der Waals surface area (Å²) in [7, 11) is -4.33. The maximum absolute atomic E-state index is 12.9. The van der Waals surface area contributed by atoms with E-state index in [1.54, 1.807) is 0 Å². The van der Waals surface area contributed by atoms with Crippen molar-refractivity contribution in [3.8, 4) is 0 Å². The fraction of sp³-hybridized carbons (Fsp3) is 0.556. The average molecular weight is 563 g/mol. The summed E-state index contributed by atoms with van der Waals surface area (Å²) in [6.07, 6.45) is 0.593. The van der Waals surface area contributed by atoms with Crippen molar-refractivity contribution in [3.05, 3.63) is 68.3 Å². The normalized spacial score (nSPS) is 19.3. The van der Waals surface area contributed by atoms with E-state index in [0.717, 1.165) is 9.80 Å². The van der Waals surface area contributed by atoms with Crippen LogP contribution in [0.25, 0.3) is 5.88 Å². The summed E-state index contributed by atoms with van der Waals surface area (Å²) in [5.74, 6) is 0.377. The summed E-state index contributed by atoms with van der Waals surface area (Å²) < 4.78 is 21.5. The average Bonchev–Trinajstić information content (AvgIpc) is 3.08. The molecule has 0 saturated carbocycles. The van der Waals surface area contributed by atoms with Gasteiger partial charge >= 0.3 is 5.69 Å². The lowest BCUT2D eigenvalue weighted by Crippen LogP contribution is -2.49. The van der Waals surface area contributed by atoms with E-state index in [9.17, 15) is 9.59 Å². The number of rotatable bonds is 8. The lowest BCUT2D eigenvalue weighted by atomic mass is 10.2. The highest BCUT2D eigenvalue weighted by Gasteiger charge is 2.48. The number of aromatic nitrogens is 2. The number of thioether (sulfide) groups is 1. The van der Waals surface area contributed by atoms with Gasteiger partial charge in [-0.05, 0) is 48.4 Å². The maximum atomic E-state index is 12.9. The third kappa shape index (κ3) is 6.78. The molecule has 0 saturated heterocycles. The minimum atomic E-state index is -2.25. The van der Waals surface area contributed by atoms with Crippen molar-refractivity contribution in [3.63, 3.8) is 0 Å². The quantitative estimate of drug-likeness (QED) is 0.382. The molecule has 0 radical (unpaired) electrons. The van der Waals surface area contributed by atoms with Crippen molar-refractivity contribution in [2.45, 2.75) is 94.9 Å². The lowest BCUT2D eigenvalue weighted by molar-refractivity contribution is 0.0332.